The molecular formula is C25H28F3N3O3. The van der Waals surface area contributed by atoms with Crippen molar-refractivity contribution in [2.24, 2.45) is 0 Å². The van der Waals surface area contributed by atoms with Crippen LogP contribution in [-0.4, -0.2) is 25.2 Å². The number of aryl methyl sites for hydroxylation is 2. The van der Waals surface area contributed by atoms with Gasteiger partial charge in [0, 0.05) is 23.7 Å². The van der Waals surface area contributed by atoms with Crippen LogP contribution in [-0.2, 0) is 18.3 Å². The van der Waals surface area contributed by atoms with Crippen molar-refractivity contribution in [1.82, 2.24) is 14.0 Å². The molecule has 182 valence electrons. The number of nitrogens with zero attached hydrogens (tertiary/aromatic N) is 3. The molecule has 0 aliphatic heterocycles. The minimum atomic E-state index is -4.67. The third kappa shape index (κ3) is 4.01. The molecule has 0 bridgehead atoms. The molecule has 1 N–H and O–H groups in total. The summed E-state index contributed by atoms with van der Waals surface area (Å²) in [6.45, 7) is 4.35. The molecule has 0 amide bonds. The largest absolute Gasteiger partial charge is 0.501 e. The molecule has 3 aromatic rings. The van der Waals surface area contributed by atoms with E-state index in [-0.39, 0.29) is 16.9 Å². The molecule has 1 atom stereocenters. The van der Waals surface area contributed by atoms with E-state index in [1.165, 1.54) is 23.1 Å². The molecule has 1 aliphatic rings. The van der Waals surface area contributed by atoms with E-state index < -0.39 is 34.6 Å². The molecule has 1 fully saturated rings. The lowest BCUT2D eigenvalue weighted by Crippen LogP contribution is -2.37. The van der Waals surface area contributed by atoms with Gasteiger partial charge in [-0.3, -0.25) is 18.6 Å². The Morgan fingerprint density at radius 1 is 1.21 bits per heavy atom. The van der Waals surface area contributed by atoms with Crippen LogP contribution >= 0.6 is 0 Å². The fraction of sp³-hybridized carbons (Fsp3) is 0.480. The van der Waals surface area contributed by atoms with E-state index in [9.17, 15) is 27.9 Å². The van der Waals surface area contributed by atoms with E-state index in [2.05, 4.69) is 30.1 Å². The Bertz CT molecular complexity index is 1350. The minimum Gasteiger partial charge on any atom is -0.501 e. The van der Waals surface area contributed by atoms with Crippen LogP contribution in [0.25, 0.3) is 5.52 Å². The van der Waals surface area contributed by atoms with E-state index in [1.807, 2.05) is 6.07 Å². The van der Waals surface area contributed by atoms with Gasteiger partial charge in [-0.2, -0.15) is 18.2 Å². The zero-order valence-corrected chi connectivity index (χ0v) is 19.4. The van der Waals surface area contributed by atoms with Crippen LogP contribution < -0.4 is 11.1 Å². The Labute approximate surface area is 194 Å². The molecular weight excluding hydrogens is 447 g/mol. The highest BCUT2D eigenvalue weighted by Gasteiger charge is 2.40. The highest BCUT2D eigenvalue weighted by atomic mass is 19.4. The number of aromatic hydroxyl groups is 1. The number of fused-ring (bicyclic) bond motifs is 1. The summed E-state index contributed by atoms with van der Waals surface area (Å²) in [6.07, 6.45) is 1.60. The number of hydrogen-bond acceptors (Lipinski definition) is 4. The van der Waals surface area contributed by atoms with Crippen molar-refractivity contribution in [3.05, 3.63) is 73.8 Å². The van der Waals surface area contributed by atoms with E-state index >= 15 is 0 Å². The number of hydrogen-bond donors (Lipinski definition) is 1. The van der Waals surface area contributed by atoms with Gasteiger partial charge in [-0.05, 0) is 44.2 Å². The maximum atomic E-state index is 13.4. The van der Waals surface area contributed by atoms with Crippen LogP contribution in [0.4, 0.5) is 13.2 Å². The Morgan fingerprint density at radius 2 is 1.88 bits per heavy atom. The predicted molar refractivity (Wildman–Crippen MR) is 123 cm³/mol. The van der Waals surface area contributed by atoms with Crippen LogP contribution in [0.1, 0.15) is 68.2 Å². The van der Waals surface area contributed by atoms with Gasteiger partial charge in [-0.25, -0.2) is 0 Å². The lowest BCUT2D eigenvalue weighted by atomic mass is 9.75. The van der Waals surface area contributed by atoms with Crippen molar-refractivity contribution in [2.75, 3.05) is 0 Å². The molecule has 0 spiro atoms. The number of rotatable bonds is 5. The zero-order chi connectivity index (χ0) is 24.8. The number of alkyl halides is 3. The third-order valence-electron chi connectivity index (χ3n) is 7.16. The fourth-order valence-corrected chi connectivity index (χ4v) is 5.23. The maximum absolute atomic E-state index is 13.4. The first-order valence-electron chi connectivity index (χ1n) is 11.5. The third-order valence-corrected chi connectivity index (χ3v) is 7.16. The predicted octanol–water partition coefficient (Wildman–Crippen LogP) is 4.61. The van der Waals surface area contributed by atoms with Gasteiger partial charge in [-0.1, -0.05) is 44.0 Å². The van der Waals surface area contributed by atoms with E-state index in [4.69, 9.17) is 0 Å². The van der Waals surface area contributed by atoms with Crippen molar-refractivity contribution >= 4 is 5.52 Å². The van der Waals surface area contributed by atoms with Gasteiger partial charge < -0.3 is 5.11 Å². The second-order valence-corrected chi connectivity index (χ2v) is 9.28. The Kier molecular flexibility index (Phi) is 6.08. The SMILES string of the molecule is CCc1cccc(C2(Cc3nc(=O)c(O)c4c(=O)n([C@H](C)C(F)(F)F)c(C)cn34)CCCC2)c1. The molecule has 0 unspecified atom stereocenters. The van der Waals surface area contributed by atoms with Gasteiger partial charge in [0.05, 0.1) is 0 Å². The van der Waals surface area contributed by atoms with E-state index in [0.717, 1.165) is 44.6 Å². The highest BCUT2D eigenvalue weighted by molar-refractivity contribution is 5.57. The van der Waals surface area contributed by atoms with Crippen LogP contribution in [0.3, 0.4) is 0 Å². The smallest absolute Gasteiger partial charge is 0.408 e. The van der Waals surface area contributed by atoms with Crippen molar-refractivity contribution in [3.63, 3.8) is 0 Å². The molecule has 4 rings (SSSR count). The summed E-state index contributed by atoms with van der Waals surface area (Å²) in [6, 6.07) is 6.15. The standard InChI is InChI=1S/C25H28F3N3O3/c1-4-17-8-7-9-18(12-17)24(10-5-6-11-24)13-19-29-22(33)21(32)20-23(34)31(15(2)14-30(19)20)16(3)25(26,27)28/h7-9,12,14,16,32H,4-6,10-11,13H2,1-3H3/t16-/m1/s1. The average Bonchev–Trinajstić information content (AvgIpc) is 3.26. The van der Waals surface area contributed by atoms with Crippen LogP contribution in [0.2, 0.25) is 0 Å². The monoisotopic (exact) mass is 475 g/mol. The molecule has 0 radical (unpaired) electrons. The molecule has 0 saturated heterocycles. The summed E-state index contributed by atoms with van der Waals surface area (Å²) in [4.78, 5) is 29.8. The van der Waals surface area contributed by atoms with Crippen LogP contribution in [0.15, 0.2) is 40.1 Å². The summed E-state index contributed by atoms with van der Waals surface area (Å²) < 4.78 is 42.1. The van der Waals surface area contributed by atoms with Gasteiger partial charge in [-0.15, -0.1) is 0 Å². The minimum absolute atomic E-state index is 0.0573. The topological polar surface area (TPSA) is 76.6 Å². The van der Waals surface area contributed by atoms with Crippen molar-refractivity contribution in [3.8, 4) is 5.75 Å². The molecule has 2 aromatic heterocycles. The molecule has 6 nitrogen and oxygen atoms in total. The molecule has 1 saturated carbocycles. The van der Waals surface area contributed by atoms with Gasteiger partial charge in [0.25, 0.3) is 5.56 Å². The number of aromatic nitrogens is 3. The summed E-state index contributed by atoms with van der Waals surface area (Å²) in [5, 5.41) is 10.4. The Hall–Kier alpha value is -3.10. The van der Waals surface area contributed by atoms with Gasteiger partial charge in [0.15, 0.2) is 5.52 Å². The van der Waals surface area contributed by atoms with E-state index in [0.29, 0.717) is 11.0 Å². The molecule has 34 heavy (non-hydrogen) atoms. The van der Waals surface area contributed by atoms with Crippen molar-refractivity contribution < 1.29 is 18.3 Å². The average molecular weight is 476 g/mol. The Balaban J connectivity index is 1.94. The van der Waals surface area contributed by atoms with Crippen molar-refractivity contribution in [1.29, 1.82) is 0 Å². The Morgan fingerprint density at radius 3 is 2.50 bits per heavy atom. The van der Waals surface area contributed by atoms with Crippen LogP contribution in [0.5, 0.6) is 5.75 Å². The van der Waals surface area contributed by atoms with E-state index in [1.54, 1.807) is 0 Å². The summed E-state index contributed by atoms with van der Waals surface area (Å²) in [7, 11) is 0. The first-order valence-corrected chi connectivity index (χ1v) is 11.5. The first-order chi connectivity index (χ1) is 16.0. The quantitative estimate of drug-likeness (QED) is 0.585. The zero-order valence-electron chi connectivity index (χ0n) is 19.4. The summed E-state index contributed by atoms with van der Waals surface area (Å²) in [5.41, 5.74) is -0.521. The fourth-order valence-electron chi connectivity index (χ4n) is 5.23. The lowest BCUT2D eigenvalue weighted by molar-refractivity contribution is -0.163. The number of benzene rings is 1. The van der Waals surface area contributed by atoms with Gasteiger partial charge in [0.1, 0.15) is 11.9 Å². The summed E-state index contributed by atoms with van der Waals surface area (Å²) in [5.74, 6) is -0.682. The molecule has 9 heteroatoms. The summed E-state index contributed by atoms with van der Waals surface area (Å²) >= 11 is 0. The second-order valence-electron chi connectivity index (χ2n) is 9.28. The highest BCUT2D eigenvalue weighted by Crippen LogP contribution is 2.44. The molecule has 2 heterocycles. The normalized spacial score (nSPS) is 16.8. The van der Waals surface area contributed by atoms with Gasteiger partial charge in [0.2, 0.25) is 5.75 Å². The molecule has 1 aliphatic carbocycles. The second kappa shape index (κ2) is 8.60. The van der Waals surface area contributed by atoms with Crippen LogP contribution in [0, 0.1) is 6.92 Å². The van der Waals surface area contributed by atoms with Gasteiger partial charge >= 0.3 is 11.7 Å². The lowest BCUT2D eigenvalue weighted by Gasteiger charge is -2.30. The molecule has 1 aromatic carbocycles. The number of halogens is 3. The first kappa shape index (κ1) is 24.0. The van der Waals surface area contributed by atoms with Crippen molar-refractivity contribution in [2.45, 2.75) is 76.9 Å². The maximum Gasteiger partial charge on any atom is 0.408 e.